The summed E-state index contributed by atoms with van der Waals surface area (Å²) in [6.45, 7) is 2.24. The summed E-state index contributed by atoms with van der Waals surface area (Å²) in [5.41, 5.74) is 0.790. The largest absolute Gasteiger partial charge is 0.426 e. The van der Waals surface area contributed by atoms with Gasteiger partial charge >= 0.3 is 5.97 Å². The number of hydrogen-bond donors (Lipinski definition) is 0. The van der Waals surface area contributed by atoms with Crippen LogP contribution in [0.25, 0.3) is 0 Å². The van der Waals surface area contributed by atoms with Crippen LogP contribution < -0.4 is 4.74 Å². The van der Waals surface area contributed by atoms with Crippen LogP contribution in [0, 0.1) is 29.4 Å². The molecule has 0 amide bonds. The second kappa shape index (κ2) is 9.97. The zero-order chi connectivity index (χ0) is 20.1. The molecule has 1 aromatic rings. The number of carbonyl (C=O) groups excluding carboxylic acids is 1. The molecule has 0 heterocycles. The minimum absolute atomic E-state index is 0.0797. The molecule has 1 aromatic carbocycles. The minimum Gasteiger partial charge on any atom is -0.426 e. The summed E-state index contributed by atoms with van der Waals surface area (Å²) < 4.78 is 37.3. The molecule has 6 heteroatoms. The van der Waals surface area contributed by atoms with Gasteiger partial charge in [0.1, 0.15) is 5.75 Å². The molecule has 0 unspecified atom stereocenters. The summed E-state index contributed by atoms with van der Waals surface area (Å²) >= 11 is 0. The Bertz CT molecular complexity index is 649. The van der Waals surface area contributed by atoms with E-state index < -0.39 is 20.7 Å². The number of ether oxygens (including phenoxy) is 1. The number of halogens is 2. The Morgan fingerprint density at radius 1 is 1.00 bits per heavy atom. The first-order valence-electron chi connectivity index (χ1n) is 10.6. The lowest BCUT2D eigenvalue weighted by molar-refractivity contribution is -0.140. The molecule has 0 atom stereocenters. The molecule has 2 aliphatic carbocycles. The van der Waals surface area contributed by atoms with Gasteiger partial charge in [-0.1, -0.05) is 32.6 Å². The summed E-state index contributed by atoms with van der Waals surface area (Å²) in [4.78, 5) is 12.4. The molecule has 2 aliphatic rings. The lowest BCUT2D eigenvalue weighted by atomic mass is 9.71. The number of esters is 1. The Morgan fingerprint density at radius 3 is 2.14 bits per heavy atom. The summed E-state index contributed by atoms with van der Waals surface area (Å²) in [7, 11) is 1.22. The van der Waals surface area contributed by atoms with Crippen LogP contribution in [0.2, 0.25) is 11.6 Å². The highest BCUT2D eigenvalue weighted by Gasteiger charge is 2.35. The van der Waals surface area contributed by atoms with Crippen LogP contribution in [0.5, 0.6) is 5.75 Å². The summed E-state index contributed by atoms with van der Waals surface area (Å²) in [6, 6.07) is 4.40. The molecule has 0 aliphatic heterocycles. The van der Waals surface area contributed by atoms with E-state index in [9.17, 15) is 13.6 Å². The Hall–Kier alpha value is -1.27. The van der Waals surface area contributed by atoms with Crippen LogP contribution in [0.4, 0.5) is 8.78 Å². The molecule has 1 radical (unpaired) electrons. The topological polar surface area (TPSA) is 35.5 Å². The number of carbonyl (C=O) groups is 1. The van der Waals surface area contributed by atoms with Crippen molar-refractivity contribution in [2.75, 3.05) is 7.11 Å². The van der Waals surface area contributed by atoms with Gasteiger partial charge < -0.3 is 9.16 Å². The van der Waals surface area contributed by atoms with Crippen LogP contribution in [0.1, 0.15) is 58.3 Å². The van der Waals surface area contributed by atoms with Gasteiger partial charge in [0, 0.05) is 13.2 Å². The molecule has 0 spiro atoms. The first kappa shape index (κ1) is 21.4. The molecular weight excluding hydrogens is 378 g/mol. The summed E-state index contributed by atoms with van der Waals surface area (Å²) in [6.07, 6.45) is 8.93. The van der Waals surface area contributed by atoms with Crippen molar-refractivity contribution in [3.63, 3.8) is 0 Å². The lowest BCUT2D eigenvalue weighted by Gasteiger charge is -2.38. The van der Waals surface area contributed by atoms with Crippen LogP contribution in [-0.2, 0) is 9.22 Å². The average molecular weight is 410 g/mol. The maximum atomic E-state index is 13.3. The SMILES string of the molecule is CC[Si](OC)C1CCC(C2CCC(C(=O)Oc3ccc(F)c(F)c3)CC2)CC1. The van der Waals surface area contributed by atoms with Crippen molar-refractivity contribution >= 4 is 15.0 Å². The normalized spacial score (nSPS) is 28.3. The van der Waals surface area contributed by atoms with Gasteiger partial charge in [0.25, 0.3) is 0 Å². The highest BCUT2D eigenvalue weighted by molar-refractivity contribution is 6.53. The second-order valence-corrected chi connectivity index (χ2v) is 11.1. The van der Waals surface area contributed by atoms with E-state index in [2.05, 4.69) is 6.92 Å². The van der Waals surface area contributed by atoms with Gasteiger partial charge in [-0.15, -0.1) is 0 Å². The van der Waals surface area contributed by atoms with Gasteiger partial charge in [0.05, 0.1) is 5.92 Å². The second-order valence-electron chi connectivity index (χ2n) is 8.24. The van der Waals surface area contributed by atoms with E-state index in [0.29, 0.717) is 5.92 Å². The first-order chi connectivity index (χ1) is 13.5. The van der Waals surface area contributed by atoms with Gasteiger partial charge in [0.15, 0.2) is 11.6 Å². The molecule has 3 nitrogen and oxygen atoms in total. The van der Waals surface area contributed by atoms with Crippen molar-refractivity contribution in [1.82, 2.24) is 0 Å². The lowest BCUT2D eigenvalue weighted by Crippen LogP contribution is -2.32. The molecule has 3 rings (SSSR count). The molecule has 0 saturated heterocycles. The van der Waals surface area contributed by atoms with Crippen LogP contribution >= 0.6 is 0 Å². The van der Waals surface area contributed by atoms with Crippen LogP contribution in [-0.4, -0.2) is 22.1 Å². The molecular formula is C22H31F2O3Si. The van der Waals surface area contributed by atoms with E-state index >= 15 is 0 Å². The molecule has 28 heavy (non-hydrogen) atoms. The van der Waals surface area contributed by atoms with E-state index in [1.54, 1.807) is 0 Å². The van der Waals surface area contributed by atoms with Crippen molar-refractivity contribution in [2.45, 2.75) is 69.9 Å². The minimum atomic E-state index is -0.995. The standard InChI is InChI=1S/C22H31F2O3Si/c1-3-28(26-2)19-11-8-16(9-12-19)15-4-6-17(7-5-15)22(25)27-18-10-13-20(23)21(24)14-18/h10,13-17,19H,3-9,11-12H2,1-2H3. The molecule has 0 N–H and O–H groups in total. The third-order valence-electron chi connectivity index (χ3n) is 6.72. The third-order valence-corrected chi connectivity index (χ3v) is 9.43. The van der Waals surface area contributed by atoms with E-state index in [-0.39, 0.29) is 17.6 Å². The first-order valence-corrected chi connectivity index (χ1v) is 12.3. The molecule has 2 fully saturated rings. The van der Waals surface area contributed by atoms with Gasteiger partial charge in [0.2, 0.25) is 9.04 Å². The fraction of sp³-hybridized carbons (Fsp3) is 0.682. The van der Waals surface area contributed by atoms with Crippen molar-refractivity contribution in [3.05, 3.63) is 29.8 Å². The monoisotopic (exact) mass is 409 g/mol. The Kier molecular flexibility index (Phi) is 7.63. The predicted molar refractivity (Wildman–Crippen MR) is 106 cm³/mol. The maximum Gasteiger partial charge on any atom is 0.314 e. The van der Waals surface area contributed by atoms with Crippen LogP contribution in [0.3, 0.4) is 0 Å². The van der Waals surface area contributed by atoms with E-state index in [0.717, 1.165) is 49.3 Å². The molecule has 155 valence electrons. The number of rotatable bonds is 6. The van der Waals surface area contributed by atoms with Crippen LogP contribution in [0.15, 0.2) is 18.2 Å². The molecule has 0 bridgehead atoms. The van der Waals surface area contributed by atoms with Crippen molar-refractivity contribution in [3.8, 4) is 5.75 Å². The molecule has 0 aromatic heterocycles. The van der Waals surface area contributed by atoms with E-state index in [1.165, 1.54) is 37.8 Å². The van der Waals surface area contributed by atoms with Crippen molar-refractivity contribution < 1.29 is 22.7 Å². The number of benzene rings is 1. The van der Waals surface area contributed by atoms with E-state index in [4.69, 9.17) is 9.16 Å². The fourth-order valence-electron chi connectivity index (χ4n) is 5.08. The Morgan fingerprint density at radius 2 is 1.61 bits per heavy atom. The van der Waals surface area contributed by atoms with Gasteiger partial charge in [-0.05, 0) is 61.2 Å². The van der Waals surface area contributed by atoms with Gasteiger partial charge in [-0.2, -0.15) is 0 Å². The van der Waals surface area contributed by atoms with Crippen molar-refractivity contribution in [2.24, 2.45) is 17.8 Å². The van der Waals surface area contributed by atoms with Gasteiger partial charge in [-0.3, -0.25) is 4.79 Å². The zero-order valence-electron chi connectivity index (χ0n) is 16.9. The quantitative estimate of drug-likeness (QED) is 0.334. The van der Waals surface area contributed by atoms with E-state index in [1.807, 2.05) is 7.11 Å². The molecule has 2 saturated carbocycles. The smallest absolute Gasteiger partial charge is 0.314 e. The fourth-order valence-corrected chi connectivity index (χ4v) is 7.26. The van der Waals surface area contributed by atoms with Crippen molar-refractivity contribution in [1.29, 1.82) is 0 Å². The summed E-state index contributed by atoms with van der Waals surface area (Å²) in [5, 5.41) is 0. The third kappa shape index (κ3) is 5.20. The summed E-state index contributed by atoms with van der Waals surface area (Å²) in [5.74, 6) is -0.827. The maximum absolute atomic E-state index is 13.3. The Balaban J connectivity index is 1.44. The van der Waals surface area contributed by atoms with Gasteiger partial charge in [-0.25, -0.2) is 8.78 Å². The number of hydrogen-bond acceptors (Lipinski definition) is 3. The highest BCUT2D eigenvalue weighted by atomic mass is 28.3. The predicted octanol–water partition coefficient (Wildman–Crippen LogP) is 5.89. The highest BCUT2D eigenvalue weighted by Crippen LogP contribution is 2.44. The Labute approximate surface area is 168 Å². The average Bonchev–Trinajstić information content (AvgIpc) is 2.72. The zero-order valence-corrected chi connectivity index (χ0v) is 17.9.